The van der Waals surface area contributed by atoms with Crippen molar-refractivity contribution in [3.05, 3.63) is 48.6 Å². The predicted octanol–water partition coefficient (Wildman–Crippen LogP) is 5.28. The summed E-state index contributed by atoms with van der Waals surface area (Å²) in [6, 6.07) is 0. The number of esters is 1. The van der Waals surface area contributed by atoms with E-state index >= 15 is 0 Å². The lowest BCUT2D eigenvalue weighted by Crippen LogP contribution is -2.00. The number of ether oxygens (including phenoxy) is 1. The molecule has 1 N–H and O–H groups in total. The van der Waals surface area contributed by atoms with Crippen LogP contribution in [0.3, 0.4) is 0 Å². The van der Waals surface area contributed by atoms with Crippen LogP contribution in [0.2, 0.25) is 0 Å². The van der Waals surface area contributed by atoms with Crippen LogP contribution in [0, 0.1) is 0 Å². The summed E-state index contributed by atoms with van der Waals surface area (Å²) in [7, 11) is 1.42. The lowest BCUT2D eigenvalue weighted by Gasteiger charge is -2.02. The molecule has 0 saturated carbocycles. The van der Waals surface area contributed by atoms with Gasteiger partial charge in [-0.2, -0.15) is 0 Å². The lowest BCUT2D eigenvalue weighted by atomic mass is 10.1. The van der Waals surface area contributed by atoms with Gasteiger partial charge in [0.15, 0.2) is 0 Å². The third-order valence-corrected chi connectivity index (χ3v) is 3.51. The van der Waals surface area contributed by atoms with Gasteiger partial charge in [0.25, 0.3) is 0 Å². The number of methoxy groups -OCH3 is 1. The second-order valence-corrected chi connectivity index (χ2v) is 5.73. The highest BCUT2D eigenvalue weighted by molar-refractivity contribution is 5.69. The zero-order chi connectivity index (χ0) is 17.9. The van der Waals surface area contributed by atoms with Crippen LogP contribution in [0.5, 0.6) is 0 Å². The van der Waals surface area contributed by atoms with Gasteiger partial charge < -0.3 is 9.84 Å². The van der Waals surface area contributed by atoms with Gasteiger partial charge in [-0.05, 0) is 38.5 Å². The molecule has 1 atom stereocenters. The summed E-state index contributed by atoms with van der Waals surface area (Å²) < 4.78 is 4.59. The van der Waals surface area contributed by atoms with E-state index in [0.29, 0.717) is 6.42 Å². The maximum absolute atomic E-state index is 10.9. The van der Waals surface area contributed by atoms with Crippen molar-refractivity contribution in [1.82, 2.24) is 0 Å². The molecule has 0 aliphatic rings. The largest absolute Gasteiger partial charge is 0.469 e. The standard InChI is InChI=1S/C21H34O3/c1-3-4-17-20(22)18-15-13-11-9-7-5-6-8-10-12-14-16-19-21(23)24-2/h5-6,9-12,15,18,20,22H,3-4,7-8,13-14,16-17,19H2,1-2H3/b6-5-,11-9-,12-10-,18-15-/t20-/m1/s1. The average Bonchev–Trinajstić information content (AvgIpc) is 2.59. The van der Waals surface area contributed by atoms with E-state index in [0.717, 1.165) is 51.4 Å². The fraction of sp³-hybridized carbons (Fsp3) is 0.571. The molecule has 24 heavy (non-hydrogen) atoms. The van der Waals surface area contributed by atoms with Gasteiger partial charge in [-0.1, -0.05) is 68.4 Å². The Balaban J connectivity index is 3.54. The SMILES string of the molecule is CCCC[C@@H](O)/C=C\C/C=C\C/C=C\C/C=C\CCCC(=O)OC. The summed E-state index contributed by atoms with van der Waals surface area (Å²) in [6.45, 7) is 2.13. The number of rotatable bonds is 14. The van der Waals surface area contributed by atoms with Gasteiger partial charge in [-0.25, -0.2) is 0 Å². The van der Waals surface area contributed by atoms with Crippen molar-refractivity contribution in [3.8, 4) is 0 Å². The smallest absolute Gasteiger partial charge is 0.305 e. The Hall–Kier alpha value is -1.61. The molecule has 0 saturated heterocycles. The fourth-order valence-electron chi connectivity index (χ4n) is 2.05. The van der Waals surface area contributed by atoms with Gasteiger partial charge in [-0.15, -0.1) is 0 Å². The van der Waals surface area contributed by atoms with E-state index < -0.39 is 0 Å². The van der Waals surface area contributed by atoms with E-state index in [4.69, 9.17) is 0 Å². The Morgan fingerprint density at radius 3 is 2.12 bits per heavy atom. The fourth-order valence-corrected chi connectivity index (χ4v) is 2.05. The number of aliphatic hydroxyl groups is 1. The summed E-state index contributed by atoms with van der Waals surface area (Å²) in [5.74, 6) is -0.139. The Morgan fingerprint density at radius 1 is 0.958 bits per heavy atom. The molecule has 0 aromatic heterocycles. The zero-order valence-electron chi connectivity index (χ0n) is 15.3. The minimum absolute atomic E-state index is 0.139. The maximum Gasteiger partial charge on any atom is 0.305 e. The van der Waals surface area contributed by atoms with Gasteiger partial charge in [0.05, 0.1) is 13.2 Å². The molecule has 0 aliphatic heterocycles. The third kappa shape index (κ3) is 16.8. The zero-order valence-corrected chi connectivity index (χ0v) is 15.3. The number of carbonyl (C=O) groups is 1. The van der Waals surface area contributed by atoms with Gasteiger partial charge >= 0.3 is 5.97 Å². The molecule has 0 radical (unpaired) electrons. The van der Waals surface area contributed by atoms with Crippen LogP contribution in [-0.2, 0) is 9.53 Å². The van der Waals surface area contributed by atoms with Crippen LogP contribution in [-0.4, -0.2) is 24.3 Å². The first kappa shape index (κ1) is 22.4. The number of carbonyl (C=O) groups excluding carboxylic acids is 1. The molecule has 0 aromatic carbocycles. The monoisotopic (exact) mass is 334 g/mol. The molecule has 3 heteroatoms. The van der Waals surface area contributed by atoms with Crippen molar-refractivity contribution in [3.63, 3.8) is 0 Å². The van der Waals surface area contributed by atoms with Crippen LogP contribution in [0.15, 0.2) is 48.6 Å². The van der Waals surface area contributed by atoms with E-state index in [1.54, 1.807) is 0 Å². The van der Waals surface area contributed by atoms with Crippen molar-refractivity contribution < 1.29 is 14.6 Å². The minimum Gasteiger partial charge on any atom is -0.469 e. The number of unbranched alkanes of at least 4 members (excludes halogenated alkanes) is 2. The molecule has 136 valence electrons. The maximum atomic E-state index is 10.9. The molecule has 0 aromatic rings. The van der Waals surface area contributed by atoms with E-state index in [2.05, 4.69) is 48.1 Å². The van der Waals surface area contributed by atoms with Crippen molar-refractivity contribution in [2.45, 2.75) is 70.8 Å². The summed E-state index contributed by atoms with van der Waals surface area (Å²) in [5.41, 5.74) is 0. The van der Waals surface area contributed by atoms with Gasteiger partial charge in [0.1, 0.15) is 0 Å². The van der Waals surface area contributed by atoms with E-state index in [1.165, 1.54) is 7.11 Å². The first-order valence-corrected chi connectivity index (χ1v) is 9.07. The Morgan fingerprint density at radius 2 is 1.54 bits per heavy atom. The van der Waals surface area contributed by atoms with E-state index in [1.807, 2.05) is 12.2 Å². The summed E-state index contributed by atoms with van der Waals surface area (Å²) in [4.78, 5) is 10.9. The lowest BCUT2D eigenvalue weighted by molar-refractivity contribution is -0.140. The van der Waals surface area contributed by atoms with Gasteiger partial charge in [0.2, 0.25) is 0 Å². The first-order chi connectivity index (χ1) is 11.7. The predicted molar refractivity (Wildman–Crippen MR) is 102 cm³/mol. The van der Waals surface area contributed by atoms with Gasteiger partial charge in [-0.3, -0.25) is 4.79 Å². The molecular formula is C21H34O3. The topological polar surface area (TPSA) is 46.5 Å². The number of hydrogen-bond donors (Lipinski definition) is 1. The Labute approximate surface area is 147 Å². The minimum atomic E-state index is -0.294. The van der Waals surface area contributed by atoms with Crippen molar-refractivity contribution in [2.75, 3.05) is 7.11 Å². The average molecular weight is 335 g/mol. The molecule has 0 amide bonds. The van der Waals surface area contributed by atoms with Crippen molar-refractivity contribution in [2.24, 2.45) is 0 Å². The third-order valence-electron chi connectivity index (χ3n) is 3.51. The molecule has 0 spiro atoms. The van der Waals surface area contributed by atoms with Gasteiger partial charge in [0, 0.05) is 6.42 Å². The van der Waals surface area contributed by atoms with E-state index in [-0.39, 0.29) is 12.1 Å². The first-order valence-electron chi connectivity index (χ1n) is 9.07. The molecular weight excluding hydrogens is 300 g/mol. The van der Waals surface area contributed by atoms with E-state index in [9.17, 15) is 9.90 Å². The molecule has 0 unspecified atom stereocenters. The van der Waals surface area contributed by atoms with Crippen molar-refractivity contribution in [1.29, 1.82) is 0 Å². The second kappa shape index (κ2) is 17.7. The quantitative estimate of drug-likeness (QED) is 0.267. The summed E-state index contributed by atoms with van der Waals surface area (Å²) in [6.07, 6.45) is 24.4. The van der Waals surface area contributed by atoms with Crippen LogP contribution >= 0.6 is 0 Å². The van der Waals surface area contributed by atoms with Crippen LogP contribution in [0.4, 0.5) is 0 Å². The Kier molecular flexibility index (Phi) is 16.5. The van der Waals surface area contributed by atoms with Crippen LogP contribution in [0.25, 0.3) is 0 Å². The normalized spacial score (nSPS) is 13.6. The molecule has 0 aliphatic carbocycles. The molecule has 0 heterocycles. The van der Waals surface area contributed by atoms with Crippen LogP contribution < -0.4 is 0 Å². The highest BCUT2D eigenvalue weighted by Crippen LogP contribution is 2.02. The highest BCUT2D eigenvalue weighted by Gasteiger charge is 1.96. The second-order valence-electron chi connectivity index (χ2n) is 5.73. The van der Waals surface area contributed by atoms with Crippen LogP contribution in [0.1, 0.15) is 64.7 Å². The molecule has 0 rings (SSSR count). The number of hydrogen-bond acceptors (Lipinski definition) is 3. The van der Waals surface area contributed by atoms with Crippen molar-refractivity contribution >= 4 is 5.97 Å². The molecule has 3 nitrogen and oxygen atoms in total. The Bertz CT molecular complexity index is 405. The molecule has 0 fully saturated rings. The number of allylic oxidation sites excluding steroid dienone is 7. The highest BCUT2D eigenvalue weighted by atomic mass is 16.5. The number of aliphatic hydroxyl groups excluding tert-OH is 1. The molecule has 0 bridgehead atoms. The summed E-state index contributed by atoms with van der Waals surface area (Å²) in [5, 5.41) is 9.65. The summed E-state index contributed by atoms with van der Waals surface area (Å²) >= 11 is 0.